The molecule has 2 aliphatic heterocycles. The second kappa shape index (κ2) is 13.4. The molecule has 0 radical (unpaired) electrons. The number of amides is 1. The van der Waals surface area contributed by atoms with E-state index in [4.69, 9.17) is 19.2 Å². The summed E-state index contributed by atoms with van der Waals surface area (Å²) in [5.74, 6) is -0.237. The van der Waals surface area contributed by atoms with Crippen molar-refractivity contribution in [1.82, 2.24) is 19.5 Å². The van der Waals surface area contributed by atoms with Crippen LogP contribution >= 0.6 is 15.9 Å². The average Bonchev–Trinajstić information content (AvgIpc) is 3.36. The summed E-state index contributed by atoms with van der Waals surface area (Å²) >= 11 is 3.59. The maximum absolute atomic E-state index is 16.8. The fourth-order valence-electron chi connectivity index (χ4n) is 5.77. The number of ether oxygens (including phenoxy) is 3. The van der Waals surface area contributed by atoms with Crippen LogP contribution in [0.5, 0.6) is 0 Å². The second-order valence-electron chi connectivity index (χ2n) is 15.5. The Hall–Kier alpha value is -1.55. The number of rotatable bonds is 12. The van der Waals surface area contributed by atoms with E-state index < -0.39 is 27.6 Å². The van der Waals surface area contributed by atoms with E-state index in [1.807, 2.05) is 30.6 Å². The van der Waals surface area contributed by atoms with Gasteiger partial charge in [-0.05, 0) is 74.5 Å². The molecule has 2 bridgehead atoms. The number of nitrogens with zero attached hydrogens (tertiary/aromatic N) is 5. The monoisotopic (exact) mass is 699 g/mol. The van der Waals surface area contributed by atoms with Gasteiger partial charge in [0.1, 0.15) is 19.1 Å². The first-order chi connectivity index (χ1) is 19.9. The molecule has 2 aromatic heterocycles. The van der Waals surface area contributed by atoms with E-state index >= 15 is 4.39 Å². The van der Waals surface area contributed by atoms with Crippen molar-refractivity contribution in [3.63, 3.8) is 0 Å². The molecule has 242 valence electrons. The lowest BCUT2D eigenvalue weighted by Crippen LogP contribution is -2.48. The fourth-order valence-corrected chi connectivity index (χ4v) is 7.63. The number of carbonyl (C=O) groups excluding carboxylic acids is 1. The Balaban J connectivity index is 1.63. The summed E-state index contributed by atoms with van der Waals surface area (Å²) in [6, 6.07) is 2.03. The van der Waals surface area contributed by atoms with E-state index in [1.54, 1.807) is 10.7 Å². The lowest BCUT2D eigenvalue weighted by atomic mass is 9.87. The van der Waals surface area contributed by atoms with E-state index in [9.17, 15) is 4.79 Å². The van der Waals surface area contributed by atoms with Gasteiger partial charge in [-0.1, -0.05) is 39.3 Å². The average molecular weight is 701 g/mol. The molecule has 2 aromatic rings. The van der Waals surface area contributed by atoms with Gasteiger partial charge >= 0.3 is 6.09 Å². The molecule has 9 nitrogen and oxygen atoms in total. The third-order valence-electron chi connectivity index (χ3n) is 8.06. The molecule has 3 atom stereocenters. The number of fused-ring (bicyclic) bond motifs is 3. The minimum Gasteiger partial charge on any atom is -0.444 e. The zero-order valence-corrected chi connectivity index (χ0v) is 31.1. The number of piperidine rings is 1. The normalized spacial score (nSPS) is 21.1. The SMILES string of the molecule is CC(C)(C)OC(=O)N1[C@@H]2CC[C@H]1CC(c1nc3c(Br)cnn3c(N(COCC[Si](C)(C)C)COCC[Si](C)(C)C)c1F)C2. The van der Waals surface area contributed by atoms with Crippen molar-refractivity contribution in [1.29, 1.82) is 0 Å². The van der Waals surface area contributed by atoms with E-state index in [1.165, 1.54) is 0 Å². The molecule has 4 rings (SSSR count). The highest BCUT2D eigenvalue weighted by atomic mass is 79.9. The number of halogens is 2. The van der Waals surface area contributed by atoms with Gasteiger partial charge in [0.2, 0.25) is 0 Å². The standard InChI is InChI=1S/C30H51BrFN5O4Si2/c1-30(2,3)41-29(38)36-22-10-11-23(36)17-21(16-22)26-25(32)28(37-27(34-26)24(31)18-33-37)35(19-39-12-14-42(4,5)6)20-40-13-15-43(7,8)9/h18,21-23H,10-17,19-20H2,1-9H3/t21?,22-,23+. The summed E-state index contributed by atoms with van der Waals surface area (Å²) in [7, 11) is -2.59. The summed E-state index contributed by atoms with van der Waals surface area (Å²) in [5.41, 5.74) is 0.411. The van der Waals surface area contributed by atoms with Crippen LogP contribution in [-0.2, 0) is 14.2 Å². The number of aromatic nitrogens is 3. The van der Waals surface area contributed by atoms with Crippen LogP contribution in [0.15, 0.2) is 10.7 Å². The summed E-state index contributed by atoms with van der Waals surface area (Å²) < 4.78 is 37.1. The van der Waals surface area contributed by atoms with E-state index in [0.29, 0.717) is 47.7 Å². The highest BCUT2D eigenvalue weighted by Gasteiger charge is 2.46. The van der Waals surface area contributed by atoms with Crippen LogP contribution in [0, 0.1) is 5.82 Å². The van der Waals surface area contributed by atoms with Crippen molar-refractivity contribution in [2.24, 2.45) is 0 Å². The molecule has 0 aliphatic carbocycles. The number of carbonyl (C=O) groups is 1. The van der Waals surface area contributed by atoms with Gasteiger partial charge in [0, 0.05) is 47.4 Å². The molecular formula is C30H51BrFN5O4Si2. The van der Waals surface area contributed by atoms with Crippen molar-refractivity contribution in [3.05, 3.63) is 22.2 Å². The van der Waals surface area contributed by atoms with Crippen molar-refractivity contribution < 1.29 is 23.4 Å². The maximum Gasteiger partial charge on any atom is 0.410 e. The number of hydrogen-bond donors (Lipinski definition) is 0. The van der Waals surface area contributed by atoms with Gasteiger partial charge in [-0.15, -0.1) is 0 Å². The zero-order chi connectivity index (χ0) is 31.7. The Labute approximate surface area is 267 Å². The van der Waals surface area contributed by atoms with E-state index in [2.05, 4.69) is 60.3 Å². The first-order valence-electron chi connectivity index (χ1n) is 15.6. The molecule has 2 fully saturated rings. The topological polar surface area (TPSA) is 81.4 Å². The van der Waals surface area contributed by atoms with Crippen molar-refractivity contribution in [2.75, 3.05) is 31.6 Å². The predicted octanol–water partition coefficient (Wildman–Crippen LogP) is 7.71. The Kier molecular flexibility index (Phi) is 10.7. The van der Waals surface area contributed by atoms with Gasteiger partial charge in [0.25, 0.3) is 0 Å². The van der Waals surface area contributed by atoms with Crippen molar-refractivity contribution in [2.45, 2.75) is 121 Å². The molecule has 4 heterocycles. The summed E-state index contributed by atoms with van der Waals surface area (Å²) in [6.45, 7) is 21.1. The molecule has 2 saturated heterocycles. The minimum atomic E-state index is -1.29. The molecular weight excluding hydrogens is 649 g/mol. The highest BCUT2D eigenvalue weighted by Crippen LogP contribution is 2.45. The lowest BCUT2D eigenvalue weighted by molar-refractivity contribution is 0.00558. The van der Waals surface area contributed by atoms with Gasteiger partial charge < -0.3 is 24.0 Å². The maximum atomic E-state index is 16.8. The third-order valence-corrected chi connectivity index (χ3v) is 12.0. The molecule has 43 heavy (non-hydrogen) atoms. The van der Waals surface area contributed by atoms with Crippen LogP contribution < -0.4 is 4.90 Å². The lowest BCUT2D eigenvalue weighted by Gasteiger charge is -2.39. The molecule has 1 amide bonds. The van der Waals surface area contributed by atoms with Gasteiger partial charge in [-0.2, -0.15) is 9.61 Å². The number of hydrogen-bond acceptors (Lipinski definition) is 7. The minimum absolute atomic E-state index is 0.00118. The summed E-state index contributed by atoms with van der Waals surface area (Å²) in [6.07, 6.45) is 4.42. The highest BCUT2D eigenvalue weighted by molar-refractivity contribution is 9.10. The van der Waals surface area contributed by atoms with Crippen LogP contribution in [0.2, 0.25) is 51.4 Å². The van der Waals surface area contributed by atoms with E-state index in [-0.39, 0.29) is 37.6 Å². The molecule has 0 N–H and O–H groups in total. The zero-order valence-electron chi connectivity index (χ0n) is 27.5. The van der Waals surface area contributed by atoms with Gasteiger partial charge in [0.05, 0.1) is 16.4 Å². The second-order valence-corrected chi connectivity index (χ2v) is 27.6. The van der Waals surface area contributed by atoms with Crippen LogP contribution in [0.3, 0.4) is 0 Å². The largest absolute Gasteiger partial charge is 0.444 e. The molecule has 13 heteroatoms. The third kappa shape index (κ3) is 9.02. The van der Waals surface area contributed by atoms with Gasteiger partial charge in [-0.25, -0.2) is 14.2 Å². The smallest absolute Gasteiger partial charge is 0.410 e. The van der Waals surface area contributed by atoms with E-state index in [0.717, 1.165) is 24.9 Å². The van der Waals surface area contributed by atoms with Crippen LogP contribution in [-0.4, -0.2) is 86.1 Å². The molecule has 0 spiro atoms. The molecule has 2 aliphatic rings. The Bertz CT molecular complexity index is 1240. The molecule has 0 aromatic carbocycles. The van der Waals surface area contributed by atoms with Crippen LogP contribution in [0.1, 0.15) is 58.1 Å². The van der Waals surface area contributed by atoms with Gasteiger partial charge in [0.15, 0.2) is 17.3 Å². The van der Waals surface area contributed by atoms with Gasteiger partial charge in [-0.3, -0.25) is 0 Å². The molecule has 0 saturated carbocycles. The van der Waals surface area contributed by atoms with Crippen LogP contribution in [0.25, 0.3) is 5.65 Å². The summed E-state index contributed by atoms with van der Waals surface area (Å²) in [5, 5.41) is 4.49. The quantitative estimate of drug-likeness (QED) is 0.128. The van der Waals surface area contributed by atoms with Crippen molar-refractivity contribution in [3.8, 4) is 0 Å². The predicted molar refractivity (Wildman–Crippen MR) is 178 cm³/mol. The Morgan fingerprint density at radius 1 is 1.02 bits per heavy atom. The summed E-state index contributed by atoms with van der Waals surface area (Å²) in [4.78, 5) is 21.6. The fraction of sp³-hybridized carbons (Fsp3) is 0.767. The first-order valence-corrected chi connectivity index (χ1v) is 23.8. The van der Waals surface area contributed by atoms with Crippen molar-refractivity contribution >= 4 is 49.6 Å². The Morgan fingerprint density at radius 2 is 1.56 bits per heavy atom. The Morgan fingerprint density at radius 3 is 2.05 bits per heavy atom. The number of anilines is 1. The van der Waals surface area contributed by atoms with Crippen LogP contribution in [0.4, 0.5) is 15.0 Å². The molecule has 1 unspecified atom stereocenters. The first kappa shape index (κ1) is 34.3.